The van der Waals surface area contributed by atoms with E-state index in [9.17, 15) is 5.11 Å². The molecule has 1 aromatic rings. The number of methoxy groups -OCH3 is 1. The molecule has 1 aliphatic heterocycles. The Labute approximate surface area is 115 Å². The van der Waals surface area contributed by atoms with Crippen LogP contribution in [0.15, 0.2) is 6.07 Å². The highest BCUT2D eigenvalue weighted by Crippen LogP contribution is 2.35. The van der Waals surface area contributed by atoms with Crippen LogP contribution in [0.3, 0.4) is 0 Å². The molecule has 0 amide bonds. The summed E-state index contributed by atoms with van der Waals surface area (Å²) < 4.78 is 5.29. The third-order valence-electron chi connectivity index (χ3n) is 3.86. The number of ether oxygens (including phenoxy) is 1. The normalized spacial score (nSPS) is 16.6. The molecule has 0 spiro atoms. The van der Waals surface area contributed by atoms with Crippen LogP contribution in [-0.2, 0) is 6.42 Å². The van der Waals surface area contributed by atoms with Crippen molar-refractivity contribution in [1.29, 1.82) is 0 Å². The molecule has 0 unspecified atom stereocenters. The van der Waals surface area contributed by atoms with Crippen molar-refractivity contribution in [2.45, 2.75) is 20.3 Å². The predicted molar refractivity (Wildman–Crippen MR) is 77.1 cm³/mol. The first-order valence-electron chi connectivity index (χ1n) is 6.92. The van der Waals surface area contributed by atoms with E-state index < -0.39 is 0 Å². The van der Waals surface area contributed by atoms with Gasteiger partial charge in [0, 0.05) is 38.3 Å². The zero-order valence-corrected chi connectivity index (χ0v) is 12.1. The average molecular weight is 264 g/mol. The molecule has 2 rings (SSSR count). The molecule has 1 aliphatic rings. The van der Waals surface area contributed by atoms with Gasteiger partial charge in [0.15, 0.2) is 11.5 Å². The molecule has 4 heteroatoms. The summed E-state index contributed by atoms with van der Waals surface area (Å²) in [6.45, 7) is 9.29. The molecule has 0 saturated carbocycles. The largest absolute Gasteiger partial charge is 0.504 e. The SMILES string of the molecule is COc1c(C)cc(C)c(CCN2CCNCC2)c1O. The number of aryl methyl sites for hydroxylation is 2. The van der Waals surface area contributed by atoms with Crippen molar-refractivity contribution in [2.24, 2.45) is 0 Å². The Morgan fingerprint density at radius 2 is 1.95 bits per heavy atom. The van der Waals surface area contributed by atoms with E-state index >= 15 is 0 Å². The summed E-state index contributed by atoms with van der Waals surface area (Å²) in [7, 11) is 1.61. The molecule has 1 saturated heterocycles. The molecule has 0 aromatic heterocycles. The standard InChI is InChI=1S/C15H24N2O2/c1-11-10-12(2)15(19-3)14(18)13(11)4-7-17-8-5-16-6-9-17/h10,16,18H,4-9H2,1-3H3. The van der Waals surface area contributed by atoms with E-state index in [0.717, 1.165) is 55.8 Å². The zero-order chi connectivity index (χ0) is 13.8. The third-order valence-corrected chi connectivity index (χ3v) is 3.86. The lowest BCUT2D eigenvalue weighted by Crippen LogP contribution is -2.44. The molecule has 1 aromatic carbocycles. The lowest BCUT2D eigenvalue weighted by Gasteiger charge is -2.27. The van der Waals surface area contributed by atoms with Gasteiger partial charge in [-0.15, -0.1) is 0 Å². The second kappa shape index (κ2) is 6.26. The van der Waals surface area contributed by atoms with Gasteiger partial charge < -0.3 is 20.1 Å². The van der Waals surface area contributed by atoms with Crippen LogP contribution >= 0.6 is 0 Å². The summed E-state index contributed by atoms with van der Waals surface area (Å²) in [5.41, 5.74) is 3.15. The molecule has 0 atom stereocenters. The van der Waals surface area contributed by atoms with Crippen LogP contribution in [0.4, 0.5) is 0 Å². The lowest BCUT2D eigenvalue weighted by molar-refractivity contribution is 0.243. The van der Waals surface area contributed by atoms with E-state index in [1.807, 2.05) is 6.92 Å². The van der Waals surface area contributed by atoms with Crippen molar-refractivity contribution in [3.8, 4) is 11.5 Å². The minimum atomic E-state index is 0.315. The van der Waals surface area contributed by atoms with Crippen LogP contribution in [0.2, 0.25) is 0 Å². The first kappa shape index (κ1) is 14.2. The summed E-state index contributed by atoms with van der Waals surface area (Å²) in [5, 5.41) is 13.7. The number of rotatable bonds is 4. The molecule has 2 N–H and O–H groups in total. The monoisotopic (exact) mass is 264 g/mol. The van der Waals surface area contributed by atoms with Crippen molar-refractivity contribution in [2.75, 3.05) is 39.8 Å². The molecule has 1 fully saturated rings. The van der Waals surface area contributed by atoms with Crippen LogP contribution in [-0.4, -0.2) is 49.8 Å². The van der Waals surface area contributed by atoms with Crippen molar-refractivity contribution in [1.82, 2.24) is 10.2 Å². The highest BCUT2D eigenvalue weighted by atomic mass is 16.5. The summed E-state index contributed by atoms with van der Waals surface area (Å²) in [4.78, 5) is 2.43. The molecular weight excluding hydrogens is 240 g/mol. The van der Waals surface area contributed by atoms with E-state index in [0.29, 0.717) is 11.5 Å². The minimum Gasteiger partial charge on any atom is -0.504 e. The first-order chi connectivity index (χ1) is 9.13. The Morgan fingerprint density at radius 3 is 2.58 bits per heavy atom. The second-order valence-electron chi connectivity index (χ2n) is 5.21. The molecule has 0 radical (unpaired) electrons. The average Bonchev–Trinajstić information content (AvgIpc) is 2.39. The van der Waals surface area contributed by atoms with E-state index in [1.54, 1.807) is 7.11 Å². The number of benzene rings is 1. The van der Waals surface area contributed by atoms with Gasteiger partial charge in [0.2, 0.25) is 0 Å². The molecule has 0 bridgehead atoms. The van der Waals surface area contributed by atoms with E-state index in [2.05, 4.69) is 23.2 Å². The zero-order valence-electron chi connectivity index (χ0n) is 12.1. The molecule has 4 nitrogen and oxygen atoms in total. The maximum Gasteiger partial charge on any atom is 0.163 e. The van der Waals surface area contributed by atoms with Gasteiger partial charge >= 0.3 is 0 Å². The Kier molecular flexibility index (Phi) is 4.66. The molecular formula is C15H24N2O2. The fourth-order valence-electron chi connectivity index (χ4n) is 2.77. The maximum atomic E-state index is 10.3. The van der Waals surface area contributed by atoms with Crippen LogP contribution in [0.5, 0.6) is 11.5 Å². The first-order valence-corrected chi connectivity index (χ1v) is 6.92. The smallest absolute Gasteiger partial charge is 0.163 e. The second-order valence-corrected chi connectivity index (χ2v) is 5.21. The summed E-state index contributed by atoms with van der Waals surface area (Å²) in [6.07, 6.45) is 0.869. The van der Waals surface area contributed by atoms with Gasteiger partial charge in [-0.2, -0.15) is 0 Å². The van der Waals surface area contributed by atoms with Crippen molar-refractivity contribution in [3.05, 3.63) is 22.8 Å². The maximum absolute atomic E-state index is 10.3. The molecule has 106 valence electrons. The molecule has 0 aliphatic carbocycles. The minimum absolute atomic E-state index is 0.315. The van der Waals surface area contributed by atoms with Gasteiger partial charge in [-0.3, -0.25) is 0 Å². The molecule has 19 heavy (non-hydrogen) atoms. The number of piperazine rings is 1. The van der Waals surface area contributed by atoms with Gasteiger partial charge in [0.25, 0.3) is 0 Å². The van der Waals surface area contributed by atoms with Crippen molar-refractivity contribution >= 4 is 0 Å². The molecule has 1 heterocycles. The summed E-state index contributed by atoms with van der Waals surface area (Å²) in [5.74, 6) is 0.927. The van der Waals surface area contributed by atoms with E-state index in [-0.39, 0.29) is 0 Å². The number of phenols is 1. The quantitative estimate of drug-likeness (QED) is 0.864. The Hall–Kier alpha value is -1.26. The van der Waals surface area contributed by atoms with Crippen LogP contribution in [0, 0.1) is 13.8 Å². The van der Waals surface area contributed by atoms with Gasteiger partial charge in [0.05, 0.1) is 7.11 Å². The van der Waals surface area contributed by atoms with Crippen molar-refractivity contribution < 1.29 is 9.84 Å². The Balaban J connectivity index is 2.10. The van der Waals surface area contributed by atoms with Gasteiger partial charge in [0.1, 0.15) is 0 Å². The fourth-order valence-corrected chi connectivity index (χ4v) is 2.77. The van der Waals surface area contributed by atoms with Crippen LogP contribution in [0.1, 0.15) is 16.7 Å². The van der Waals surface area contributed by atoms with Gasteiger partial charge in [-0.05, 0) is 31.4 Å². The summed E-state index contributed by atoms with van der Waals surface area (Å²) >= 11 is 0. The number of hydrogen-bond acceptors (Lipinski definition) is 4. The topological polar surface area (TPSA) is 44.7 Å². The number of hydrogen-bond donors (Lipinski definition) is 2. The highest BCUT2D eigenvalue weighted by molar-refractivity contribution is 5.54. The Bertz CT molecular complexity index is 440. The van der Waals surface area contributed by atoms with Crippen molar-refractivity contribution in [3.63, 3.8) is 0 Å². The number of aromatic hydroxyl groups is 1. The summed E-state index contributed by atoms with van der Waals surface area (Å²) in [6, 6.07) is 2.09. The number of nitrogens with one attached hydrogen (secondary N) is 1. The van der Waals surface area contributed by atoms with Gasteiger partial charge in [-0.25, -0.2) is 0 Å². The lowest BCUT2D eigenvalue weighted by atomic mass is 10.00. The van der Waals surface area contributed by atoms with Gasteiger partial charge in [-0.1, -0.05) is 6.07 Å². The van der Waals surface area contributed by atoms with E-state index in [4.69, 9.17) is 4.74 Å². The predicted octanol–water partition coefficient (Wildman–Crippen LogP) is 1.47. The number of nitrogens with zero attached hydrogens (tertiary/aromatic N) is 1. The fraction of sp³-hybridized carbons (Fsp3) is 0.600. The van der Waals surface area contributed by atoms with Crippen LogP contribution < -0.4 is 10.1 Å². The third kappa shape index (κ3) is 3.19. The number of phenolic OH excluding ortho intramolecular Hbond substituents is 1. The highest BCUT2D eigenvalue weighted by Gasteiger charge is 2.16. The van der Waals surface area contributed by atoms with E-state index in [1.165, 1.54) is 0 Å². The van der Waals surface area contributed by atoms with Crippen LogP contribution in [0.25, 0.3) is 0 Å². The Morgan fingerprint density at radius 1 is 1.26 bits per heavy atom.